The lowest BCUT2D eigenvalue weighted by atomic mass is 9.73. The lowest BCUT2D eigenvalue weighted by Gasteiger charge is -2.36. The van der Waals surface area contributed by atoms with Crippen molar-refractivity contribution in [1.29, 1.82) is 0 Å². The molecule has 6 nitrogen and oxygen atoms in total. The van der Waals surface area contributed by atoms with Gasteiger partial charge in [0, 0.05) is 16.3 Å². The first kappa shape index (κ1) is 22.5. The molecule has 1 saturated carbocycles. The SMILES string of the molecule is Cc1ccc(CN(CCc2ccccc2)C(=O)CN2C(=O)N[C@]3(CCCC[C@@H]3C)C2=O)s1. The summed E-state index contributed by atoms with van der Waals surface area (Å²) in [5.74, 6) is -0.356. The van der Waals surface area contributed by atoms with E-state index in [1.54, 1.807) is 16.2 Å². The molecular formula is C25H31N3O3S. The summed E-state index contributed by atoms with van der Waals surface area (Å²) in [6, 6.07) is 13.7. The number of carbonyl (C=O) groups excluding carboxylic acids is 3. The first-order valence-electron chi connectivity index (χ1n) is 11.4. The third-order valence-corrected chi connectivity index (χ3v) is 7.79. The second kappa shape index (κ2) is 9.45. The Hall–Kier alpha value is -2.67. The van der Waals surface area contributed by atoms with Crippen LogP contribution in [0.2, 0.25) is 0 Å². The molecule has 0 bridgehead atoms. The molecule has 2 fully saturated rings. The van der Waals surface area contributed by atoms with E-state index in [4.69, 9.17) is 0 Å². The van der Waals surface area contributed by atoms with Crippen molar-refractivity contribution in [3.05, 3.63) is 57.8 Å². The van der Waals surface area contributed by atoms with Crippen LogP contribution in [0.4, 0.5) is 4.79 Å². The van der Waals surface area contributed by atoms with Gasteiger partial charge < -0.3 is 10.2 Å². The minimum atomic E-state index is -0.838. The van der Waals surface area contributed by atoms with Gasteiger partial charge in [-0.2, -0.15) is 0 Å². The standard InChI is InChI=1S/C25H31N3O3S/c1-18-8-6-7-14-25(18)23(30)28(24(31)26-25)17-22(29)27(16-21-12-11-19(2)32-21)15-13-20-9-4-3-5-10-20/h3-5,9-12,18H,6-8,13-17H2,1-2H3,(H,26,31)/t18-,25-/m0/s1. The maximum atomic E-state index is 13.3. The Morgan fingerprint density at radius 3 is 2.66 bits per heavy atom. The number of carbonyl (C=O) groups is 3. The van der Waals surface area contributed by atoms with E-state index in [0.29, 0.717) is 19.5 Å². The van der Waals surface area contributed by atoms with Crippen LogP contribution in [0.25, 0.3) is 0 Å². The number of hydrogen-bond donors (Lipinski definition) is 1. The molecule has 1 aromatic carbocycles. The monoisotopic (exact) mass is 453 g/mol. The summed E-state index contributed by atoms with van der Waals surface area (Å²) in [6.07, 6.45) is 4.26. The molecule has 1 saturated heterocycles. The van der Waals surface area contributed by atoms with Gasteiger partial charge in [0.2, 0.25) is 5.91 Å². The van der Waals surface area contributed by atoms with Gasteiger partial charge in [-0.15, -0.1) is 11.3 Å². The Bertz CT molecular complexity index is 989. The Balaban J connectivity index is 1.48. The predicted molar refractivity (Wildman–Crippen MR) is 125 cm³/mol. The minimum Gasteiger partial charge on any atom is -0.336 e. The van der Waals surface area contributed by atoms with Crippen LogP contribution in [-0.4, -0.2) is 46.3 Å². The molecule has 1 aliphatic heterocycles. The number of imide groups is 1. The number of urea groups is 1. The van der Waals surface area contributed by atoms with E-state index in [2.05, 4.69) is 5.32 Å². The molecule has 32 heavy (non-hydrogen) atoms. The molecule has 0 radical (unpaired) electrons. The summed E-state index contributed by atoms with van der Waals surface area (Å²) in [6.45, 7) is 4.87. The Kier molecular flexibility index (Phi) is 6.65. The molecule has 2 heterocycles. The normalized spacial score (nSPS) is 22.9. The highest BCUT2D eigenvalue weighted by atomic mass is 32.1. The van der Waals surface area contributed by atoms with Crippen molar-refractivity contribution >= 4 is 29.2 Å². The Labute approximate surface area is 193 Å². The van der Waals surface area contributed by atoms with E-state index >= 15 is 0 Å². The molecule has 2 atom stereocenters. The van der Waals surface area contributed by atoms with Gasteiger partial charge >= 0.3 is 6.03 Å². The van der Waals surface area contributed by atoms with Crippen molar-refractivity contribution in [3.63, 3.8) is 0 Å². The van der Waals surface area contributed by atoms with E-state index in [9.17, 15) is 14.4 Å². The van der Waals surface area contributed by atoms with Gasteiger partial charge in [0.1, 0.15) is 12.1 Å². The number of nitrogens with one attached hydrogen (secondary N) is 1. The summed E-state index contributed by atoms with van der Waals surface area (Å²) in [5.41, 5.74) is 0.313. The molecule has 4 amide bonds. The summed E-state index contributed by atoms with van der Waals surface area (Å²) in [5, 5.41) is 2.94. The zero-order valence-electron chi connectivity index (χ0n) is 18.8. The number of rotatable bonds is 7. The van der Waals surface area contributed by atoms with Crippen molar-refractivity contribution in [2.75, 3.05) is 13.1 Å². The van der Waals surface area contributed by atoms with Crippen LogP contribution >= 0.6 is 11.3 Å². The van der Waals surface area contributed by atoms with Crippen molar-refractivity contribution in [3.8, 4) is 0 Å². The molecule has 1 aliphatic carbocycles. The highest BCUT2D eigenvalue weighted by Gasteiger charge is 2.55. The van der Waals surface area contributed by atoms with E-state index < -0.39 is 11.6 Å². The molecular weight excluding hydrogens is 422 g/mol. The predicted octanol–water partition coefficient (Wildman–Crippen LogP) is 4.13. The number of thiophene rings is 1. The fraction of sp³-hybridized carbons (Fsp3) is 0.480. The number of hydrogen-bond acceptors (Lipinski definition) is 4. The van der Waals surface area contributed by atoms with Gasteiger partial charge in [-0.1, -0.05) is 50.1 Å². The van der Waals surface area contributed by atoms with E-state index in [0.717, 1.165) is 41.0 Å². The Morgan fingerprint density at radius 2 is 1.97 bits per heavy atom. The van der Waals surface area contributed by atoms with E-state index in [1.165, 1.54) is 4.88 Å². The summed E-state index contributed by atoms with van der Waals surface area (Å²) >= 11 is 1.66. The van der Waals surface area contributed by atoms with Crippen molar-refractivity contribution < 1.29 is 14.4 Å². The lowest BCUT2D eigenvalue weighted by molar-refractivity contribution is -0.140. The van der Waals surface area contributed by atoms with E-state index in [1.807, 2.05) is 56.3 Å². The van der Waals surface area contributed by atoms with Gasteiger partial charge in [0.25, 0.3) is 5.91 Å². The largest absolute Gasteiger partial charge is 0.336 e. The topological polar surface area (TPSA) is 69.7 Å². The number of aryl methyl sites for hydroxylation is 1. The highest BCUT2D eigenvalue weighted by Crippen LogP contribution is 2.38. The van der Waals surface area contributed by atoms with E-state index in [-0.39, 0.29) is 24.3 Å². The summed E-state index contributed by atoms with van der Waals surface area (Å²) in [4.78, 5) is 44.5. The van der Waals surface area contributed by atoms with Crippen LogP contribution in [0.3, 0.4) is 0 Å². The zero-order valence-corrected chi connectivity index (χ0v) is 19.6. The molecule has 2 aliphatic rings. The fourth-order valence-electron chi connectivity index (χ4n) is 4.83. The molecule has 1 aromatic heterocycles. The summed E-state index contributed by atoms with van der Waals surface area (Å²) in [7, 11) is 0. The fourth-order valence-corrected chi connectivity index (χ4v) is 5.74. The van der Waals surface area contributed by atoms with Gasteiger partial charge in [-0.05, 0) is 49.8 Å². The van der Waals surface area contributed by atoms with Crippen LogP contribution in [0.15, 0.2) is 42.5 Å². The van der Waals surface area contributed by atoms with Crippen LogP contribution in [-0.2, 0) is 22.6 Å². The van der Waals surface area contributed by atoms with Crippen LogP contribution in [0.5, 0.6) is 0 Å². The average molecular weight is 454 g/mol. The third kappa shape index (κ3) is 4.58. The maximum Gasteiger partial charge on any atom is 0.325 e. The highest BCUT2D eigenvalue weighted by molar-refractivity contribution is 7.11. The molecule has 4 rings (SSSR count). The molecule has 1 N–H and O–H groups in total. The molecule has 0 unspecified atom stereocenters. The second-order valence-corrected chi connectivity index (χ2v) is 10.4. The van der Waals surface area contributed by atoms with Crippen LogP contribution in [0.1, 0.15) is 47.9 Å². The first-order valence-corrected chi connectivity index (χ1v) is 12.2. The smallest absolute Gasteiger partial charge is 0.325 e. The first-order chi connectivity index (χ1) is 15.4. The summed E-state index contributed by atoms with van der Waals surface area (Å²) < 4.78 is 0. The van der Waals surface area contributed by atoms with Crippen LogP contribution in [0, 0.1) is 12.8 Å². The van der Waals surface area contributed by atoms with Gasteiger partial charge in [0.15, 0.2) is 0 Å². The van der Waals surface area contributed by atoms with Gasteiger partial charge in [-0.25, -0.2) is 4.79 Å². The van der Waals surface area contributed by atoms with Gasteiger partial charge in [0.05, 0.1) is 6.54 Å². The van der Waals surface area contributed by atoms with Crippen molar-refractivity contribution in [2.24, 2.45) is 5.92 Å². The lowest BCUT2D eigenvalue weighted by Crippen LogP contribution is -2.54. The maximum absolute atomic E-state index is 13.3. The molecule has 7 heteroatoms. The Morgan fingerprint density at radius 1 is 1.19 bits per heavy atom. The third-order valence-electron chi connectivity index (χ3n) is 6.80. The zero-order chi connectivity index (χ0) is 22.7. The van der Waals surface area contributed by atoms with Crippen LogP contribution < -0.4 is 5.32 Å². The number of benzene rings is 1. The van der Waals surface area contributed by atoms with Crippen molar-refractivity contribution in [1.82, 2.24) is 15.1 Å². The quantitative estimate of drug-likeness (QED) is 0.641. The number of nitrogens with zero attached hydrogens (tertiary/aromatic N) is 2. The molecule has 170 valence electrons. The number of amides is 4. The van der Waals surface area contributed by atoms with Crippen molar-refractivity contribution in [2.45, 2.75) is 58.0 Å². The second-order valence-electron chi connectivity index (χ2n) is 9.00. The molecule has 1 spiro atoms. The minimum absolute atomic E-state index is 0.0797. The molecule has 2 aromatic rings. The van der Waals surface area contributed by atoms with Gasteiger partial charge in [-0.3, -0.25) is 14.5 Å². The average Bonchev–Trinajstić information content (AvgIpc) is 3.30.